The predicted octanol–water partition coefficient (Wildman–Crippen LogP) is 0.990. The van der Waals surface area contributed by atoms with E-state index in [0.29, 0.717) is 12.1 Å². The minimum atomic E-state index is -0.294. The summed E-state index contributed by atoms with van der Waals surface area (Å²) >= 11 is 0. The zero-order chi connectivity index (χ0) is 13.5. The Morgan fingerprint density at radius 2 is 2.11 bits per heavy atom. The number of nitrogens with zero attached hydrogens (tertiary/aromatic N) is 1. The van der Waals surface area contributed by atoms with Crippen molar-refractivity contribution in [1.82, 2.24) is 10.2 Å². The van der Waals surface area contributed by atoms with E-state index in [-0.39, 0.29) is 24.1 Å². The summed E-state index contributed by atoms with van der Waals surface area (Å²) in [5, 5.41) is 12.0. The molecule has 18 heavy (non-hydrogen) atoms. The molecule has 0 radical (unpaired) electrons. The highest BCUT2D eigenvalue weighted by atomic mass is 16.3. The molecule has 2 amide bonds. The quantitative estimate of drug-likeness (QED) is 0.818. The summed E-state index contributed by atoms with van der Waals surface area (Å²) < 4.78 is 0. The fourth-order valence-electron chi connectivity index (χ4n) is 1.47. The third kappa shape index (κ3) is 4.08. The van der Waals surface area contributed by atoms with E-state index >= 15 is 0 Å². The molecule has 0 aromatic heterocycles. The van der Waals surface area contributed by atoms with Crippen LogP contribution in [0.25, 0.3) is 0 Å². The number of phenolic OH excluding ortho intramolecular Hbond substituents is 1. The van der Waals surface area contributed by atoms with Gasteiger partial charge in [0.25, 0.3) is 5.91 Å². The van der Waals surface area contributed by atoms with Crippen LogP contribution >= 0.6 is 0 Å². The van der Waals surface area contributed by atoms with Crippen molar-refractivity contribution in [3.05, 3.63) is 29.8 Å². The first-order valence-corrected chi connectivity index (χ1v) is 5.85. The summed E-state index contributed by atoms with van der Waals surface area (Å²) in [5.74, 6) is -0.449. The highest BCUT2D eigenvalue weighted by molar-refractivity contribution is 5.96. The largest absolute Gasteiger partial charge is 0.508 e. The smallest absolute Gasteiger partial charge is 0.254 e. The Hall–Kier alpha value is -2.04. The topological polar surface area (TPSA) is 69.6 Å². The number of likely N-dealkylation sites (N-methyl/N-ethyl adjacent to an activating group) is 1. The molecular weight excluding hydrogens is 232 g/mol. The molecule has 0 saturated carbocycles. The number of amides is 2. The fourth-order valence-corrected chi connectivity index (χ4v) is 1.47. The van der Waals surface area contributed by atoms with E-state index in [1.807, 2.05) is 6.92 Å². The molecule has 2 N–H and O–H groups in total. The molecular formula is C13H18N2O3. The van der Waals surface area contributed by atoms with E-state index in [9.17, 15) is 14.7 Å². The number of hydrogen-bond acceptors (Lipinski definition) is 3. The van der Waals surface area contributed by atoms with E-state index in [2.05, 4.69) is 5.32 Å². The van der Waals surface area contributed by atoms with Gasteiger partial charge in [0, 0.05) is 19.2 Å². The standard InChI is InChI=1S/C13H18N2O3/c1-3-7-14-12(17)9-15(2)13(18)10-5-4-6-11(16)8-10/h4-6,8,16H,3,7,9H2,1-2H3,(H,14,17). The van der Waals surface area contributed by atoms with E-state index in [4.69, 9.17) is 0 Å². The van der Waals surface area contributed by atoms with Crippen molar-refractivity contribution < 1.29 is 14.7 Å². The zero-order valence-corrected chi connectivity index (χ0v) is 10.6. The third-order valence-electron chi connectivity index (χ3n) is 2.39. The lowest BCUT2D eigenvalue weighted by atomic mass is 10.2. The Labute approximate surface area is 106 Å². The van der Waals surface area contributed by atoms with Gasteiger partial charge >= 0.3 is 0 Å². The van der Waals surface area contributed by atoms with Gasteiger partial charge in [-0.2, -0.15) is 0 Å². The normalized spacial score (nSPS) is 9.89. The lowest BCUT2D eigenvalue weighted by Gasteiger charge is -2.16. The van der Waals surface area contributed by atoms with Crippen LogP contribution < -0.4 is 5.32 Å². The van der Waals surface area contributed by atoms with Crippen LogP contribution in [0.15, 0.2) is 24.3 Å². The predicted molar refractivity (Wildman–Crippen MR) is 68.4 cm³/mol. The van der Waals surface area contributed by atoms with Gasteiger partial charge in [0.1, 0.15) is 5.75 Å². The van der Waals surface area contributed by atoms with E-state index in [1.165, 1.54) is 17.0 Å². The van der Waals surface area contributed by atoms with Crippen molar-refractivity contribution in [2.24, 2.45) is 0 Å². The lowest BCUT2D eigenvalue weighted by molar-refractivity contribution is -0.121. The number of rotatable bonds is 5. The van der Waals surface area contributed by atoms with Crippen LogP contribution in [-0.2, 0) is 4.79 Å². The summed E-state index contributed by atoms with van der Waals surface area (Å²) in [6.45, 7) is 2.57. The van der Waals surface area contributed by atoms with Crippen molar-refractivity contribution in [3.63, 3.8) is 0 Å². The molecule has 98 valence electrons. The number of benzene rings is 1. The van der Waals surface area contributed by atoms with Crippen LogP contribution in [-0.4, -0.2) is 42.0 Å². The maximum absolute atomic E-state index is 11.9. The summed E-state index contributed by atoms with van der Waals surface area (Å²) in [6.07, 6.45) is 0.857. The monoisotopic (exact) mass is 250 g/mol. The Morgan fingerprint density at radius 3 is 2.72 bits per heavy atom. The van der Waals surface area contributed by atoms with Crippen molar-refractivity contribution in [2.75, 3.05) is 20.1 Å². The van der Waals surface area contributed by atoms with Crippen LogP contribution in [0.2, 0.25) is 0 Å². The number of aromatic hydroxyl groups is 1. The Morgan fingerprint density at radius 1 is 1.39 bits per heavy atom. The minimum Gasteiger partial charge on any atom is -0.508 e. The summed E-state index contributed by atoms with van der Waals surface area (Å²) in [5.41, 5.74) is 0.362. The van der Waals surface area contributed by atoms with Gasteiger partial charge in [-0.1, -0.05) is 13.0 Å². The van der Waals surface area contributed by atoms with Crippen LogP contribution in [0.3, 0.4) is 0 Å². The fraction of sp³-hybridized carbons (Fsp3) is 0.385. The van der Waals surface area contributed by atoms with Crippen molar-refractivity contribution in [3.8, 4) is 5.75 Å². The molecule has 0 aliphatic rings. The van der Waals surface area contributed by atoms with Gasteiger partial charge < -0.3 is 15.3 Å². The molecule has 0 heterocycles. The van der Waals surface area contributed by atoms with Gasteiger partial charge in [-0.25, -0.2) is 0 Å². The molecule has 1 aromatic rings. The Kier molecular flexibility index (Phi) is 5.17. The van der Waals surface area contributed by atoms with Gasteiger partial charge in [0.05, 0.1) is 6.54 Å². The minimum absolute atomic E-state index is 0.00842. The average molecular weight is 250 g/mol. The number of phenols is 1. The Balaban J connectivity index is 2.59. The van der Waals surface area contributed by atoms with E-state index in [1.54, 1.807) is 19.2 Å². The molecule has 1 aromatic carbocycles. The second-order valence-corrected chi connectivity index (χ2v) is 4.06. The molecule has 0 fully saturated rings. The number of carbonyl (C=O) groups excluding carboxylic acids is 2. The second kappa shape index (κ2) is 6.64. The van der Waals surface area contributed by atoms with Crippen molar-refractivity contribution in [1.29, 1.82) is 0 Å². The maximum atomic E-state index is 11.9. The molecule has 5 nitrogen and oxygen atoms in total. The van der Waals surface area contributed by atoms with Crippen LogP contribution in [0.1, 0.15) is 23.7 Å². The first-order valence-electron chi connectivity index (χ1n) is 5.85. The van der Waals surface area contributed by atoms with E-state index < -0.39 is 0 Å². The van der Waals surface area contributed by atoms with Crippen LogP contribution in [0, 0.1) is 0 Å². The summed E-state index contributed by atoms with van der Waals surface area (Å²) in [7, 11) is 1.55. The van der Waals surface area contributed by atoms with Gasteiger partial charge in [-0.05, 0) is 24.6 Å². The van der Waals surface area contributed by atoms with Gasteiger partial charge in [0.2, 0.25) is 5.91 Å². The molecule has 1 rings (SSSR count). The molecule has 0 atom stereocenters. The summed E-state index contributed by atoms with van der Waals surface area (Å²) in [4.78, 5) is 24.7. The van der Waals surface area contributed by atoms with Crippen LogP contribution in [0.4, 0.5) is 0 Å². The first-order chi connectivity index (χ1) is 8.54. The molecule has 0 aliphatic heterocycles. The molecule has 0 spiro atoms. The SMILES string of the molecule is CCCNC(=O)CN(C)C(=O)c1cccc(O)c1. The maximum Gasteiger partial charge on any atom is 0.254 e. The zero-order valence-electron chi connectivity index (χ0n) is 10.6. The van der Waals surface area contributed by atoms with Crippen molar-refractivity contribution >= 4 is 11.8 Å². The van der Waals surface area contributed by atoms with Crippen molar-refractivity contribution in [2.45, 2.75) is 13.3 Å². The number of carbonyl (C=O) groups is 2. The molecule has 5 heteroatoms. The molecule has 0 aliphatic carbocycles. The highest BCUT2D eigenvalue weighted by Gasteiger charge is 2.14. The highest BCUT2D eigenvalue weighted by Crippen LogP contribution is 2.12. The van der Waals surface area contributed by atoms with Crippen LogP contribution in [0.5, 0.6) is 5.75 Å². The van der Waals surface area contributed by atoms with E-state index in [0.717, 1.165) is 6.42 Å². The second-order valence-electron chi connectivity index (χ2n) is 4.06. The van der Waals surface area contributed by atoms with Gasteiger partial charge in [-0.3, -0.25) is 9.59 Å². The van der Waals surface area contributed by atoms with Gasteiger partial charge in [0.15, 0.2) is 0 Å². The molecule has 0 unspecified atom stereocenters. The number of hydrogen-bond donors (Lipinski definition) is 2. The molecule has 0 saturated heterocycles. The molecule has 0 bridgehead atoms. The Bertz CT molecular complexity index is 432. The third-order valence-corrected chi connectivity index (χ3v) is 2.39. The lowest BCUT2D eigenvalue weighted by Crippen LogP contribution is -2.38. The van der Waals surface area contributed by atoms with Gasteiger partial charge in [-0.15, -0.1) is 0 Å². The first kappa shape index (κ1) is 14.0. The average Bonchev–Trinajstić information content (AvgIpc) is 2.35. The number of nitrogens with one attached hydrogen (secondary N) is 1. The summed E-state index contributed by atoms with van der Waals surface area (Å²) in [6, 6.07) is 6.06.